The molecule has 0 fully saturated rings. The Morgan fingerprint density at radius 2 is 1.96 bits per heavy atom. The minimum Gasteiger partial charge on any atom is -0.242 e. The summed E-state index contributed by atoms with van der Waals surface area (Å²) in [6, 6.07) is 9.29. The molecule has 0 radical (unpaired) electrons. The van der Waals surface area contributed by atoms with Crippen molar-refractivity contribution in [1.82, 2.24) is 4.98 Å². The number of pyridine rings is 1. The molecule has 0 bridgehead atoms. The SMILES string of the molecule is CCCCCc1ccc(C#Cc2ncc(N=C=S)cc2F)cc1. The number of halogens is 1. The van der Waals surface area contributed by atoms with Gasteiger partial charge in [0.25, 0.3) is 0 Å². The Kier molecular flexibility index (Phi) is 6.62. The molecule has 0 unspecified atom stereocenters. The molecule has 0 N–H and O–H groups in total. The van der Waals surface area contributed by atoms with Crippen LogP contribution in [0.1, 0.15) is 43.0 Å². The van der Waals surface area contributed by atoms with E-state index in [2.05, 4.69) is 58.3 Å². The Bertz CT molecular complexity index is 766. The van der Waals surface area contributed by atoms with Crippen LogP contribution in [-0.2, 0) is 6.42 Å². The molecule has 0 saturated carbocycles. The van der Waals surface area contributed by atoms with Crippen LogP contribution in [-0.4, -0.2) is 10.1 Å². The van der Waals surface area contributed by atoms with E-state index in [9.17, 15) is 4.39 Å². The number of isothiocyanates is 1. The van der Waals surface area contributed by atoms with Gasteiger partial charge in [-0.05, 0) is 48.7 Å². The van der Waals surface area contributed by atoms with Crippen LogP contribution in [0.5, 0.6) is 0 Å². The molecule has 0 aliphatic heterocycles. The summed E-state index contributed by atoms with van der Waals surface area (Å²) in [4.78, 5) is 7.63. The molecule has 116 valence electrons. The predicted octanol–water partition coefficient (Wildman–Crippen LogP) is 5.09. The van der Waals surface area contributed by atoms with Gasteiger partial charge in [0.2, 0.25) is 0 Å². The number of hydrogen-bond acceptors (Lipinski definition) is 3. The van der Waals surface area contributed by atoms with Crippen LogP contribution in [0.2, 0.25) is 0 Å². The number of aromatic nitrogens is 1. The lowest BCUT2D eigenvalue weighted by atomic mass is 10.1. The van der Waals surface area contributed by atoms with Gasteiger partial charge >= 0.3 is 0 Å². The smallest absolute Gasteiger partial charge is 0.159 e. The maximum absolute atomic E-state index is 13.8. The van der Waals surface area contributed by atoms with Crippen LogP contribution < -0.4 is 0 Å². The lowest BCUT2D eigenvalue weighted by Gasteiger charge is -2.00. The van der Waals surface area contributed by atoms with Crippen molar-refractivity contribution in [2.75, 3.05) is 0 Å². The number of hydrogen-bond donors (Lipinski definition) is 0. The van der Waals surface area contributed by atoms with Gasteiger partial charge in [-0.2, -0.15) is 4.99 Å². The normalized spacial score (nSPS) is 9.65. The zero-order chi connectivity index (χ0) is 16.5. The van der Waals surface area contributed by atoms with Crippen molar-refractivity contribution in [3.05, 3.63) is 59.2 Å². The number of aliphatic imine (C=N–C) groups is 1. The molecule has 0 aliphatic carbocycles. The Balaban J connectivity index is 2.08. The predicted molar refractivity (Wildman–Crippen MR) is 94.5 cm³/mol. The summed E-state index contributed by atoms with van der Waals surface area (Å²) in [6.45, 7) is 2.19. The summed E-state index contributed by atoms with van der Waals surface area (Å²) in [5.41, 5.74) is 2.57. The average Bonchev–Trinajstić information content (AvgIpc) is 2.56. The lowest BCUT2D eigenvalue weighted by Crippen LogP contribution is -1.89. The average molecular weight is 324 g/mol. The van der Waals surface area contributed by atoms with E-state index in [1.54, 1.807) is 0 Å². The van der Waals surface area contributed by atoms with Crippen molar-refractivity contribution < 1.29 is 4.39 Å². The summed E-state index contributed by atoms with van der Waals surface area (Å²) in [6.07, 6.45) is 6.17. The molecule has 4 heteroatoms. The molecule has 23 heavy (non-hydrogen) atoms. The highest BCUT2D eigenvalue weighted by atomic mass is 32.1. The standard InChI is InChI=1S/C19H17FN2S/c1-2-3-4-5-15-6-8-16(9-7-15)10-11-19-18(20)12-17(13-21-19)22-14-23/h6-9,12-13H,2-5H2,1H3. The lowest BCUT2D eigenvalue weighted by molar-refractivity contribution is 0.617. The summed E-state index contributed by atoms with van der Waals surface area (Å²) < 4.78 is 13.8. The van der Waals surface area contributed by atoms with Crippen LogP contribution in [0.15, 0.2) is 41.5 Å². The zero-order valence-corrected chi connectivity index (χ0v) is 13.8. The first-order chi connectivity index (χ1) is 11.2. The molecule has 2 aromatic rings. The topological polar surface area (TPSA) is 25.2 Å². The van der Waals surface area contributed by atoms with Gasteiger partial charge in [0, 0.05) is 11.6 Å². The van der Waals surface area contributed by atoms with Gasteiger partial charge in [0.1, 0.15) is 5.69 Å². The molecule has 0 aliphatic rings. The summed E-state index contributed by atoms with van der Waals surface area (Å²) in [5.74, 6) is 5.16. The van der Waals surface area contributed by atoms with E-state index in [4.69, 9.17) is 0 Å². The van der Waals surface area contributed by atoms with E-state index in [-0.39, 0.29) is 5.69 Å². The van der Waals surface area contributed by atoms with Gasteiger partial charge < -0.3 is 0 Å². The molecular formula is C19H17FN2S. The molecule has 1 aromatic heterocycles. The number of unbranched alkanes of at least 4 members (excludes halogenated alkanes) is 2. The highest BCUT2D eigenvalue weighted by Crippen LogP contribution is 2.13. The molecule has 0 saturated heterocycles. The summed E-state index contributed by atoms with van der Waals surface area (Å²) in [7, 11) is 0. The second kappa shape index (κ2) is 8.95. The van der Waals surface area contributed by atoms with Crippen LogP contribution >= 0.6 is 12.2 Å². The van der Waals surface area contributed by atoms with Gasteiger partial charge in [0.05, 0.1) is 17.0 Å². The number of rotatable bonds is 5. The van der Waals surface area contributed by atoms with Crippen molar-refractivity contribution in [3.8, 4) is 11.8 Å². The molecule has 2 rings (SSSR count). The van der Waals surface area contributed by atoms with Crippen molar-refractivity contribution in [2.45, 2.75) is 32.6 Å². The molecule has 1 heterocycles. The summed E-state index contributed by atoms with van der Waals surface area (Å²) >= 11 is 4.47. The van der Waals surface area contributed by atoms with Crippen molar-refractivity contribution in [1.29, 1.82) is 0 Å². The van der Waals surface area contributed by atoms with E-state index in [1.807, 2.05) is 12.1 Å². The number of aryl methyl sites for hydroxylation is 1. The maximum Gasteiger partial charge on any atom is 0.159 e. The first kappa shape index (κ1) is 17.0. The maximum atomic E-state index is 13.8. The molecule has 0 atom stereocenters. The third-order valence-electron chi connectivity index (χ3n) is 3.35. The van der Waals surface area contributed by atoms with E-state index >= 15 is 0 Å². The third kappa shape index (κ3) is 5.41. The van der Waals surface area contributed by atoms with Crippen LogP contribution in [0.25, 0.3) is 0 Å². The van der Waals surface area contributed by atoms with Crippen LogP contribution in [0.3, 0.4) is 0 Å². The minimum absolute atomic E-state index is 0.0975. The Labute approximate surface area is 141 Å². The molecular weight excluding hydrogens is 307 g/mol. The summed E-state index contributed by atoms with van der Waals surface area (Å²) in [5, 5.41) is 2.18. The third-order valence-corrected chi connectivity index (χ3v) is 3.44. The van der Waals surface area contributed by atoms with Crippen LogP contribution in [0, 0.1) is 17.7 Å². The van der Waals surface area contributed by atoms with E-state index < -0.39 is 5.82 Å². The van der Waals surface area contributed by atoms with Gasteiger partial charge in [-0.1, -0.05) is 37.8 Å². The van der Waals surface area contributed by atoms with Gasteiger partial charge in [-0.3, -0.25) is 0 Å². The zero-order valence-electron chi connectivity index (χ0n) is 13.0. The first-order valence-corrected chi connectivity index (χ1v) is 7.98. The van der Waals surface area contributed by atoms with E-state index in [1.165, 1.54) is 37.1 Å². The molecule has 2 nitrogen and oxygen atoms in total. The fraction of sp³-hybridized carbons (Fsp3) is 0.263. The largest absolute Gasteiger partial charge is 0.242 e. The van der Waals surface area contributed by atoms with Crippen LogP contribution in [0.4, 0.5) is 10.1 Å². The second-order valence-corrected chi connectivity index (χ2v) is 5.31. The number of benzene rings is 1. The van der Waals surface area contributed by atoms with Gasteiger partial charge in [-0.25, -0.2) is 9.37 Å². The first-order valence-electron chi connectivity index (χ1n) is 7.57. The monoisotopic (exact) mass is 324 g/mol. The molecule has 0 amide bonds. The molecule has 0 spiro atoms. The highest BCUT2D eigenvalue weighted by molar-refractivity contribution is 7.78. The Morgan fingerprint density at radius 1 is 1.17 bits per heavy atom. The van der Waals surface area contributed by atoms with Crippen molar-refractivity contribution >= 4 is 23.1 Å². The van der Waals surface area contributed by atoms with Gasteiger partial charge in [-0.15, -0.1) is 0 Å². The quantitative estimate of drug-likeness (QED) is 0.331. The van der Waals surface area contributed by atoms with Gasteiger partial charge in [0.15, 0.2) is 5.82 Å². The van der Waals surface area contributed by atoms with Crippen molar-refractivity contribution in [2.24, 2.45) is 4.99 Å². The fourth-order valence-electron chi connectivity index (χ4n) is 2.10. The number of thiocarbonyl (C=S) groups is 1. The Morgan fingerprint density at radius 3 is 2.61 bits per heavy atom. The molecule has 1 aromatic carbocycles. The minimum atomic E-state index is -0.514. The second-order valence-electron chi connectivity index (χ2n) is 5.13. The Hall–Kier alpha value is -2.34. The highest BCUT2D eigenvalue weighted by Gasteiger charge is 2.02. The van der Waals surface area contributed by atoms with E-state index in [0.29, 0.717) is 5.69 Å². The number of nitrogens with zero attached hydrogens (tertiary/aromatic N) is 2. The van der Waals surface area contributed by atoms with E-state index in [0.717, 1.165) is 12.0 Å². The fourth-order valence-corrected chi connectivity index (χ4v) is 2.20. The van der Waals surface area contributed by atoms with Crippen molar-refractivity contribution in [3.63, 3.8) is 0 Å².